The summed E-state index contributed by atoms with van der Waals surface area (Å²) in [5.74, 6) is 2.00. The van der Waals surface area contributed by atoms with Gasteiger partial charge in [0, 0.05) is 36.8 Å². The molecule has 4 heteroatoms. The summed E-state index contributed by atoms with van der Waals surface area (Å²) in [6.07, 6.45) is 2.98. The summed E-state index contributed by atoms with van der Waals surface area (Å²) in [5, 5.41) is 0. The maximum Gasteiger partial charge on any atom is 0.132 e. The Morgan fingerprint density at radius 2 is 2.24 bits per heavy atom. The van der Waals surface area contributed by atoms with E-state index < -0.39 is 0 Å². The van der Waals surface area contributed by atoms with Gasteiger partial charge in [-0.1, -0.05) is 6.92 Å². The lowest BCUT2D eigenvalue weighted by atomic mass is 9.99. The second-order valence-corrected chi connectivity index (χ2v) is 4.96. The van der Waals surface area contributed by atoms with Crippen LogP contribution in [0.25, 0.3) is 0 Å². The maximum absolute atomic E-state index is 5.99. The Balaban J connectivity index is 2.24. The minimum Gasteiger partial charge on any atom is -0.354 e. The van der Waals surface area contributed by atoms with E-state index >= 15 is 0 Å². The van der Waals surface area contributed by atoms with Crippen LogP contribution in [0.15, 0.2) is 6.07 Å². The van der Waals surface area contributed by atoms with E-state index in [4.69, 9.17) is 5.73 Å². The zero-order valence-electron chi connectivity index (χ0n) is 11.0. The third kappa shape index (κ3) is 2.75. The highest BCUT2D eigenvalue weighted by Gasteiger charge is 2.24. The zero-order valence-corrected chi connectivity index (χ0v) is 11.0. The third-order valence-corrected chi connectivity index (χ3v) is 3.41. The molecule has 1 aliphatic heterocycles. The predicted octanol–water partition coefficient (Wildman–Crippen LogP) is 1.66. The Labute approximate surface area is 103 Å². The van der Waals surface area contributed by atoms with Crippen LogP contribution in [0.2, 0.25) is 0 Å². The van der Waals surface area contributed by atoms with Crippen LogP contribution >= 0.6 is 0 Å². The first-order valence-corrected chi connectivity index (χ1v) is 6.47. The molecule has 0 aromatic carbocycles. The van der Waals surface area contributed by atoms with E-state index in [2.05, 4.69) is 34.8 Å². The first-order valence-electron chi connectivity index (χ1n) is 6.47. The van der Waals surface area contributed by atoms with Gasteiger partial charge in [0.2, 0.25) is 0 Å². The zero-order chi connectivity index (χ0) is 12.4. The van der Waals surface area contributed by atoms with Crippen molar-refractivity contribution in [3.8, 4) is 0 Å². The van der Waals surface area contributed by atoms with Crippen LogP contribution in [0, 0.1) is 6.92 Å². The van der Waals surface area contributed by atoms with Crippen molar-refractivity contribution in [2.75, 3.05) is 11.4 Å². The predicted molar refractivity (Wildman–Crippen MR) is 70.2 cm³/mol. The lowest BCUT2D eigenvalue weighted by molar-refractivity contribution is 0.426. The fraction of sp³-hybridized carbons (Fsp3) is 0.692. The van der Waals surface area contributed by atoms with Crippen molar-refractivity contribution >= 4 is 5.82 Å². The first kappa shape index (κ1) is 12.3. The highest BCUT2D eigenvalue weighted by atomic mass is 15.2. The lowest BCUT2D eigenvalue weighted by Crippen LogP contribution is -2.46. The molecule has 1 fully saturated rings. The Hall–Kier alpha value is -1.16. The molecule has 1 aromatic rings. The Morgan fingerprint density at radius 3 is 2.88 bits per heavy atom. The monoisotopic (exact) mass is 234 g/mol. The molecule has 0 saturated carbocycles. The molecule has 2 rings (SSSR count). The quantitative estimate of drug-likeness (QED) is 0.845. The standard InChI is InChI=1S/C13H22N4/c1-4-12-15-9(2)7-13(16-12)17-6-5-11(14)8-10(17)3/h7,10-11H,4-6,8,14H2,1-3H3. The van der Waals surface area contributed by atoms with Gasteiger partial charge in [0.05, 0.1) is 0 Å². The summed E-state index contributed by atoms with van der Waals surface area (Å²) in [5.41, 5.74) is 7.04. The van der Waals surface area contributed by atoms with Crippen LogP contribution in [0.3, 0.4) is 0 Å². The number of piperidine rings is 1. The summed E-state index contributed by atoms with van der Waals surface area (Å²) >= 11 is 0. The smallest absolute Gasteiger partial charge is 0.132 e. The van der Waals surface area contributed by atoms with Gasteiger partial charge in [0.1, 0.15) is 11.6 Å². The van der Waals surface area contributed by atoms with Crippen molar-refractivity contribution in [1.82, 2.24) is 9.97 Å². The normalized spacial score (nSPS) is 25.1. The topological polar surface area (TPSA) is 55.0 Å². The van der Waals surface area contributed by atoms with Gasteiger partial charge >= 0.3 is 0 Å². The molecule has 0 amide bonds. The van der Waals surface area contributed by atoms with Gasteiger partial charge in [0.25, 0.3) is 0 Å². The van der Waals surface area contributed by atoms with Gasteiger partial charge in [-0.05, 0) is 26.7 Å². The molecule has 0 bridgehead atoms. The van der Waals surface area contributed by atoms with Gasteiger partial charge in [-0.15, -0.1) is 0 Å². The number of anilines is 1. The molecular weight excluding hydrogens is 212 g/mol. The van der Waals surface area contributed by atoms with E-state index in [-0.39, 0.29) is 0 Å². The second-order valence-electron chi connectivity index (χ2n) is 4.96. The highest BCUT2D eigenvalue weighted by Crippen LogP contribution is 2.23. The van der Waals surface area contributed by atoms with E-state index in [0.29, 0.717) is 12.1 Å². The number of hydrogen-bond donors (Lipinski definition) is 1. The number of aromatic nitrogens is 2. The highest BCUT2D eigenvalue weighted by molar-refractivity contribution is 5.41. The van der Waals surface area contributed by atoms with E-state index in [0.717, 1.165) is 43.1 Å². The van der Waals surface area contributed by atoms with Crippen LogP contribution in [0.1, 0.15) is 38.2 Å². The van der Waals surface area contributed by atoms with E-state index in [1.807, 2.05) is 6.92 Å². The molecule has 4 nitrogen and oxygen atoms in total. The SMILES string of the molecule is CCc1nc(C)cc(N2CCC(N)CC2C)n1. The average Bonchev–Trinajstić information content (AvgIpc) is 2.28. The number of rotatable bonds is 2. The van der Waals surface area contributed by atoms with Crippen LogP contribution in [-0.2, 0) is 6.42 Å². The molecule has 17 heavy (non-hydrogen) atoms. The van der Waals surface area contributed by atoms with Gasteiger partial charge < -0.3 is 10.6 Å². The largest absolute Gasteiger partial charge is 0.354 e. The Morgan fingerprint density at radius 1 is 1.47 bits per heavy atom. The third-order valence-electron chi connectivity index (χ3n) is 3.41. The Kier molecular flexibility index (Phi) is 3.62. The van der Waals surface area contributed by atoms with Crippen LogP contribution in [0.4, 0.5) is 5.82 Å². The first-order chi connectivity index (χ1) is 8.10. The van der Waals surface area contributed by atoms with Crippen molar-refractivity contribution in [2.24, 2.45) is 5.73 Å². The average molecular weight is 234 g/mol. The molecule has 2 unspecified atom stereocenters. The van der Waals surface area contributed by atoms with Crippen molar-refractivity contribution < 1.29 is 0 Å². The van der Waals surface area contributed by atoms with Crippen LogP contribution < -0.4 is 10.6 Å². The second kappa shape index (κ2) is 5.00. The molecule has 2 N–H and O–H groups in total. The molecule has 1 aromatic heterocycles. The number of aryl methyl sites for hydroxylation is 2. The summed E-state index contributed by atoms with van der Waals surface area (Å²) in [4.78, 5) is 11.4. The van der Waals surface area contributed by atoms with E-state index in [1.54, 1.807) is 0 Å². The van der Waals surface area contributed by atoms with Crippen molar-refractivity contribution in [3.05, 3.63) is 17.6 Å². The van der Waals surface area contributed by atoms with Crippen molar-refractivity contribution in [2.45, 2.75) is 52.1 Å². The molecule has 0 aliphatic carbocycles. The summed E-state index contributed by atoms with van der Waals surface area (Å²) in [7, 11) is 0. The molecule has 94 valence electrons. The lowest BCUT2D eigenvalue weighted by Gasteiger charge is -2.37. The van der Waals surface area contributed by atoms with Gasteiger partial charge in [-0.3, -0.25) is 0 Å². The summed E-state index contributed by atoms with van der Waals surface area (Å²) in [6.45, 7) is 7.35. The maximum atomic E-state index is 5.99. The molecular formula is C13H22N4. The molecule has 1 saturated heterocycles. The van der Waals surface area contributed by atoms with E-state index in [1.165, 1.54) is 0 Å². The van der Waals surface area contributed by atoms with Crippen molar-refractivity contribution in [3.63, 3.8) is 0 Å². The molecule has 0 spiro atoms. The van der Waals surface area contributed by atoms with Crippen LogP contribution in [0.5, 0.6) is 0 Å². The summed E-state index contributed by atoms with van der Waals surface area (Å²) in [6, 6.07) is 2.89. The minimum absolute atomic E-state index is 0.342. The molecule has 2 atom stereocenters. The fourth-order valence-electron chi connectivity index (χ4n) is 2.47. The van der Waals surface area contributed by atoms with Crippen molar-refractivity contribution in [1.29, 1.82) is 0 Å². The van der Waals surface area contributed by atoms with Gasteiger partial charge in [-0.2, -0.15) is 0 Å². The molecule has 0 radical (unpaired) electrons. The Bertz CT molecular complexity index is 391. The minimum atomic E-state index is 0.342. The number of nitrogens with two attached hydrogens (primary N) is 1. The fourth-order valence-corrected chi connectivity index (χ4v) is 2.47. The number of hydrogen-bond acceptors (Lipinski definition) is 4. The van der Waals surface area contributed by atoms with Gasteiger partial charge in [0.15, 0.2) is 0 Å². The molecule has 2 heterocycles. The summed E-state index contributed by atoms with van der Waals surface area (Å²) < 4.78 is 0. The number of nitrogens with zero attached hydrogens (tertiary/aromatic N) is 3. The molecule has 1 aliphatic rings. The van der Waals surface area contributed by atoms with E-state index in [9.17, 15) is 0 Å². The van der Waals surface area contributed by atoms with Gasteiger partial charge in [-0.25, -0.2) is 9.97 Å². The van der Waals surface area contributed by atoms with Crippen LogP contribution in [-0.4, -0.2) is 28.6 Å².